The third kappa shape index (κ3) is 1.55. The van der Waals surface area contributed by atoms with E-state index < -0.39 is 0 Å². The number of para-hydroxylation sites is 1. The Morgan fingerprint density at radius 3 is 2.62 bits per heavy atom. The molecule has 0 unspecified atom stereocenters. The Kier molecular flexibility index (Phi) is 3.06. The minimum absolute atomic E-state index is 0.535. The SMILES string of the molecule is CCCn1c(=N)n(CC)c2cccc(Cl)c21. The maximum atomic E-state index is 8.14. The van der Waals surface area contributed by atoms with Crippen molar-refractivity contribution in [3.63, 3.8) is 0 Å². The molecule has 0 amide bonds. The summed E-state index contributed by atoms with van der Waals surface area (Å²) < 4.78 is 3.97. The van der Waals surface area contributed by atoms with Crippen LogP contribution in [0.3, 0.4) is 0 Å². The fourth-order valence-corrected chi connectivity index (χ4v) is 2.39. The molecule has 1 heterocycles. The number of nitrogens with one attached hydrogen (secondary N) is 1. The molecule has 0 radical (unpaired) electrons. The summed E-state index contributed by atoms with van der Waals surface area (Å²) in [6.07, 6.45) is 1.00. The fraction of sp³-hybridized carbons (Fsp3) is 0.417. The molecular weight excluding hydrogens is 222 g/mol. The van der Waals surface area contributed by atoms with Gasteiger partial charge in [-0.15, -0.1) is 0 Å². The molecule has 0 aliphatic heterocycles. The highest BCUT2D eigenvalue weighted by Gasteiger charge is 2.11. The Morgan fingerprint density at radius 1 is 1.25 bits per heavy atom. The molecule has 0 fully saturated rings. The van der Waals surface area contributed by atoms with Gasteiger partial charge in [-0.05, 0) is 25.5 Å². The molecular formula is C12H16ClN3. The number of aryl methyl sites for hydroxylation is 2. The van der Waals surface area contributed by atoms with Gasteiger partial charge in [-0.25, -0.2) is 0 Å². The van der Waals surface area contributed by atoms with Crippen LogP contribution in [0.5, 0.6) is 0 Å². The normalized spacial score (nSPS) is 11.2. The Hall–Kier alpha value is -1.22. The molecule has 1 N–H and O–H groups in total. The second-order valence-electron chi connectivity index (χ2n) is 3.83. The average molecular weight is 238 g/mol. The quantitative estimate of drug-likeness (QED) is 0.852. The summed E-state index contributed by atoms with van der Waals surface area (Å²) in [5.74, 6) is 0. The molecule has 16 heavy (non-hydrogen) atoms. The van der Waals surface area contributed by atoms with E-state index in [0.717, 1.165) is 35.6 Å². The highest BCUT2D eigenvalue weighted by molar-refractivity contribution is 6.35. The summed E-state index contributed by atoms with van der Waals surface area (Å²) in [6, 6.07) is 5.84. The van der Waals surface area contributed by atoms with Gasteiger partial charge < -0.3 is 9.13 Å². The molecule has 2 aromatic rings. The average Bonchev–Trinajstić information content (AvgIpc) is 2.54. The molecule has 0 saturated heterocycles. The summed E-state index contributed by atoms with van der Waals surface area (Å²) in [5.41, 5.74) is 2.57. The number of hydrogen-bond donors (Lipinski definition) is 1. The molecule has 1 aromatic carbocycles. The number of rotatable bonds is 3. The van der Waals surface area contributed by atoms with E-state index in [1.165, 1.54) is 0 Å². The van der Waals surface area contributed by atoms with Gasteiger partial charge in [0.1, 0.15) is 0 Å². The van der Waals surface area contributed by atoms with Crippen LogP contribution in [0.2, 0.25) is 5.02 Å². The summed E-state index contributed by atoms with van der Waals surface area (Å²) in [7, 11) is 0. The van der Waals surface area contributed by atoms with E-state index in [1.807, 2.05) is 27.3 Å². The van der Waals surface area contributed by atoms with E-state index in [4.69, 9.17) is 17.0 Å². The molecule has 0 spiro atoms. The van der Waals surface area contributed by atoms with Crippen LogP contribution in [0.25, 0.3) is 11.0 Å². The van der Waals surface area contributed by atoms with Gasteiger partial charge in [-0.3, -0.25) is 5.41 Å². The molecule has 0 aliphatic rings. The van der Waals surface area contributed by atoms with Crippen LogP contribution in [0, 0.1) is 5.41 Å². The lowest BCUT2D eigenvalue weighted by Crippen LogP contribution is -2.24. The van der Waals surface area contributed by atoms with E-state index in [2.05, 4.69) is 13.8 Å². The predicted octanol–water partition coefficient (Wildman–Crippen LogP) is 3.01. The molecule has 86 valence electrons. The molecule has 2 rings (SSSR count). The lowest BCUT2D eigenvalue weighted by Gasteiger charge is -2.02. The second kappa shape index (κ2) is 4.34. The summed E-state index contributed by atoms with van der Waals surface area (Å²) >= 11 is 6.22. The van der Waals surface area contributed by atoms with Gasteiger partial charge in [0.25, 0.3) is 0 Å². The maximum Gasteiger partial charge on any atom is 0.203 e. The topological polar surface area (TPSA) is 33.7 Å². The lowest BCUT2D eigenvalue weighted by molar-refractivity contribution is 0.604. The predicted molar refractivity (Wildman–Crippen MR) is 66.8 cm³/mol. The van der Waals surface area contributed by atoms with E-state index in [1.54, 1.807) is 0 Å². The minimum Gasteiger partial charge on any atom is -0.311 e. The van der Waals surface area contributed by atoms with Crippen molar-refractivity contribution in [3.8, 4) is 0 Å². The number of nitrogens with zero attached hydrogens (tertiary/aromatic N) is 2. The number of hydrogen-bond acceptors (Lipinski definition) is 1. The van der Waals surface area contributed by atoms with Gasteiger partial charge >= 0.3 is 0 Å². The molecule has 4 heteroatoms. The Balaban J connectivity index is 2.87. The number of halogens is 1. The molecule has 3 nitrogen and oxygen atoms in total. The zero-order valence-electron chi connectivity index (χ0n) is 9.63. The summed E-state index contributed by atoms with van der Waals surface area (Å²) in [6.45, 7) is 5.80. The van der Waals surface area contributed by atoms with Crippen LogP contribution in [0.15, 0.2) is 18.2 Å². The number of imidazole rings is 1. The van der Waals surface area contributed by atoms with Crippen LogP contribution < -0.4 is 5.62 Å². The van der Waals surface area contributed by atoms with Gasteiger partial charge in [0.2, 0.25) is 5.62 Å². The van der Waals surface area contributed by atoms with E-state index in [0.29, 0.717) is 5.62 Å². The van der Waals surface area contributed by atoms with Crippen LogP contribution in [-0.4, -0.2) is 9.13 Å². The van der Waals surface area contributed by atoms with Crippen molar-refractivity contribution in [1.29, 1.82) is 5.41 Å². The summed E-state index contributed by atoms with van der Waals surface area (Å²) in [5, 5.41) is 8.87. The van der Waals surface area contributed by atoms with Crippen molar-refractivity contribution in [2.45, 2.75) is 33.4 Å². The van der Waals surface area contributed by atoms with Crippen LogP contribution >= 0.6 is 11.6 Å². The molecule has 0 saturated carbocycles. The zero-order valence-corrected chi connectivity index (χ0v) is 10.4. The third-order valence-electron chi connectivity index (χ3n) is 2.80. The first-order chi connectivity index (χ1) is 7.70. The minimum atomic E-state index is 0.535. The molecule has 0 bridgehead atoms. The Labute approximate surface area is 99.8 Å². The van der Waals surface area contributed by atoms with Gasteiger partial charge in [-0.2, -0.15) is 0 Å². The monoisotopic (exact) mass is 237 g/mol. The van der Waals surface area contributed by atoms with Gasteiger partial charge in [0, 0.05) is 13.1 Å². The first-order valence-corrected chi connectivity index (χ1v) is 6.00. The largest absolute Gasteiger partial charge is 0.311 e. The standard InChI is InChI=1S/C12H16ClN3/c1-3-8-16-11-9(13)6-5-7-10(11)15(4-2)12(16)14/h5-7,14H,3-4,8H2,1-2H3. The van der Waals surface area contributed by atoms with Crippen LogP contribution in [0.1, 0.15) is 20.3 Å². The zero-order chi connectivity index (χ0) is 11.7. The third-order valence-corrected chi connectivity index (χ3v) is 3.11. The number of fused-ring (bicyclic) bond motifs is 1. The first-order valence-electron chi connectivity index (χ1n) is 5.62. The lowest BCUT2D eigenvalue weighted by atomic mass is 10.3. The van der Waals surface area contributed by atoms with Crippen LogP contribution in [0.4, 0.5) is 0 Å². The smallest absolute Gasteiger partial charge is 0.203 e. The van der Waals surface area contributed by atoms with Crippen LogP contribution in [-0.2, 0) is 13.1 Å². The highest BCUT2D eigenvalue weighted by atomic mass is 35.5. The molecule has 1 aromatic heterocycles. The first kappa shape index (κ1) is 11.3. The summed E-state index contributed by atoms with van der Waals surface area (Å²) in [4.78, 5) is 0. The van der Waals surface area contributed by atoms with Crippen molar-refractivity contribution < 1.29 is 0 Å². The van der Waals surface area contributed by atoms with Crippen molar-refractivity contribution in [2.24, 2.45) is 0 Å². The molecule has 0 aliphatic carbocycles. The van der Waals surface area contributed by atoms with E-state index >= 15 is 0 Å². The van der Waals surface area contributed by atoms with E-state index in [-0.39, 0.29) is 0 Å². The van der Waals surface area contributed by atoms with Crippen molar-refractivity contribution >= 4 is 22.6 Å². The van der Waals surface area contributed by atoms with Gasteiger partial charge in [0.15, 0.2) is 0 Å². The Morgan fingerprint density at radius 2 is 2.00 bits per heavy atom. The number of benzene rings is 1. The second-order valence-corrected chi connectivity index (χ2v) is 4.23. The van der Waals surface area contributed by atoms with E-state index in [9.17, 15) is 0 Å². The van der Waals surface area contributed by atoms with Crippen molar-refractivity contribution in [3.05, 3.63) is 28.8 Å². The maximum absolute atomic E-state index is 8.14. The van der Waals surface area contributed by atoms with Crippen molar-refractivity contribution in [1.82, 2.24) is 9.13 Å². The molecule has 0 atom stereocenters. The number of aromatic nitrogens is 2. The van der Waals surface area contributed by atoms with Crippen molar-refractivity contribution in [2.75, 3.05) is 0 Å². The Bertz CT molecular complexity index is 565. The fourth-order valence-electron chi connectivity index (χ4n) is 2.12. The highest BCUT2D eigenvalue weighted by Crippen LogP contribution is 2.22. The van der Waals surface area contributed by atoms with Gasteiger partial charge in [0.05, 0.1) is 16.1 Å². The van der Waals surface area contributed by atoms with Gasteiger partial charge in [-0.1, -0.05) is 24.6 Å².